The molecule has 0 aliphatic carbocycles. The molecule has 2 aromatic heterocycles. The third-order valence-corrected chi connectivity index (χ3v) is 5.42. The zero-order chi connectivity index (χ0) is 18.9. The Morgan fingerprint density at radius 3 is 2.50 bits per heavy atom. The van der Waals surface area contributed by atoms with E-state index in [1.807, 2.05) is 5.38 Å². The summed E-state index contributed by atoms with van der Waals surface area (Å²) in [6.45, 7) is 11.7. The molecule has 0 saturated carbocycles. The molecule has 0 fully saturated rings. The first-order chi connectivity index (χ1) is 12.3. The Balaban J connectivity index is 1.79. The predicted octanol–water partition coefficient (Wildman–Crippen LogP) is 4.54. The third-order valence-electron chi connectivity index (χ3n) is 4.66. The molecule has 5 heteroatoms. The molecule has 1 aromatic carbocycles. The first-order valence-electron chi connectivity index (χ1n) is 9.05. The van der Waals surface area contributed by atoms with Crippen molar-refractivity contribution in [1.29, 1.82) is 0 Å². The fourth-order valence-electron chi connectivity index (χ4n) is 3.12. The molecule has 0 amide bonds. The second-order valence-corrected chi connectivity index (χ2v) is 8.99. The molecule has 138 valence electrons. The van der Waals surface area contributed by atoms with Crippen molar-refractivity contribution in [2.24, 2.45) is 5.92 Å². The molecule has 0 aliphatic heterocycles. The maximum Gasteiger partial charge on any atom is 0.258 e. The van der Waals surface area contributed by atoms with Crippen molar-refractivity contribution in [2.75, 3.05) is 0 Å². The second-order valence-electron chi connectivity index (χ2n) is 8.12. The molecule has 0 bridgehead atoms. The molecule has 0 aliphatic rings. The maximum atomic E-state index is 12.1. The third kappa shape index (κ3) is 4.05. The number of aromatic nitrogens is 2. The Kier molecular flexibility index (Phi) is 5.30. The normalized spacial score (nSPS) is 13.5. The van der Waals surface area contributed by atoms with Crippen LogP contribution >= 0.6 is 11.3 Å². The van der Waals surface area contributed by atoms with Crippen molar-refractivity contribution in [2.45, 2.75) is 52.6 Å². The van der Waals surface area contributed by atoms with Crippen LogP contribution in [0.2, 0.25) is 0 Å². The van der Waals surface area contributed by atoms with Gasteiger partial charge in [-0.1, -0.05) is 58.9 Å². The molecular formula is C21H27N3OS. The number of rotatable bonds is 5. The van der Waals surface area contributed by atoms with Gasteiger partial charge in [-0.2, -0.15) is 0 Å². The highest BCUT2D eigenvalue weighted by molar-refractivity contribution is 7.15. The van der Waals surface area contributed by atoms with Gasteiger partial charge in [-0.3, -0.25) is 9.20 Å². The summed E-state index contributed by atoms with van der Waals surface area (Å²) in [6.07, 6.45) is 1.76. The molecule has 0 unspecified atom stereocenters. The van der Waals surface area contributed by atoms with Gasteiger partial charge >= 0.3 is 0 Å². The minimum atomic E-state index is -0.0244. The highest BCUT2D eigenvalue weighted by Gasteiger charge is 2.18. The van der Waals surface area contributed by atoms with Gasteiger partial charge in [-0.05, 0) is 22.5 Å². The van der Waals surface area contributed by atoms with Crippen LogP contribution < -0.4 is 10.9 Å². The van der Waals surface area contributed by atoms with Crippen LogP contribution in [0.1, 0.15) is 57.5 Å². The van der Waals surface area contributed by atoms with E-state index in [0.717, 1.165) is 10.7 Å². The smallest absolute Gasteiger partial charge is 0.258 e. The van der Waals surface area contributed by atoms with Crippen LogP contribution in [-0.4, -0.2) is 9.38 Å². The van der Waals surface area contributed by atoms with Crippen molar-refractivity contribution in [3.8, 4) is 0 Å². The van der Waals surface area contributed by atoms with Crippen LogP contribution in [0.15, 0.2) is 46.7 Å². The van der Waals surface area contributed by atoms with Crippen LogP contribution in [0.5, 0.6) is 0 Å². The van der Waals surface area contributed by atoms with E-state index in [2.05, 4.69) is 69.2 Å². The van der Waals surface area contributed by atoms with Crippen LogP contribution in [0, 0.1) is 5.92 Å². The zero-order valence-electron chi connectivity index (χ0n) is 16.1. The lowest BCUT2D eigenvalue weighted by atomic mass is 9.85. The van der Waals surface area contributed by atoms with Gasteiger partial charge in [0.05, 0.1) is 5.69 Å². The van der Waals surface area contributed by atoms with Gasteiger partial charge in [0.1, 0.15) is 0 Å². The van der Waals surface area contributed by atoms with Crippen molar-refractivity contribution in [3.05, 3.63) is 69.1 Å². The Morgan fingerprint density at radius 1 is 1.19 bits per heavy atom. The average Bonchev–Trinajstić information content (AvgIpc) is 3.03. The lowest BCUT2D eigenvalue weighted by molar-refractivity contribution is 0.408. The van der Waals surface area contributed by atoms with Gasteiger partial charge in [0.2, 0.25) is 0 Å². The summed E-state index contributed by atoms with van der Waals surface area (Å²) in [6, 6.07) is 10.7. The standard InChI is InChI=1S/C21H27N3OS/c1-14(2)19(15-6-8-16(9-7-15)21(3,4)5)22-13-17-12-18(25)24-10-11-26-20(24)23-17/h6-12,14,19,22H,13H2,1-5H3/t19-/m1/s1. The fraction of sp³-hybridized carbons (Fsp3) is 0.429. The number of nitrogens with one attached hydrogen (secondary N) is 1. The summed E-state index contributed by atoms with van der Waals surface area (Å²) in [4.78, 5) is 17.5. The Bertz CT molecular complexity index is 932. The monoisotopic (exact) mass is 369 g/mol. The Hall–Kier alpha value is -1.98. The van der Waals surface area contributed by atoms with Crippen LogP contribution in [0.3, 0.4) is 0 Å². The second kappa shape index (κ2) is 7.33. The topological polar surface area (TPSA) is 46.4 Å². The molecule has 1 N–H and O–H groups in total. The minimum Gasteiger partial charge on any atom is -0.304 e. The number of nitrogens with zero attached hydrogens (tertiary/aromatic N) is 2. The maximum absolute atomic E-state index is 12.1. The van der Waals surface area contributed by atoms with E-state index in [-0.39, 0.29) is 17.0 Å². The van der Waals surface area contributed by atoms with Gasteiger partial charge in [-0.25, -0.2) is 4.98 Å². The van der Waals surface area contributed by atoms with Crippen molar-refractivity contribution in [3.63, 3.8) is 0 Å². The fourth-order valence-corrected chi connectivity index (χ4v) is 3.86. The van der Waals surface area contributed by atoms with Gasteiger partial charge in [0.15, 0.2) is 4.96 Å². The Labute approximate surface area is 158 Å². The van der Waals surface area contributed by atoms with E-state index in [1.165, 1.54) is 22.5 Å². The minimum absolute atomic E-state index is 0.0244. The zero-order valence-corrected chi connectivity index (χ0v) is 16.9. The van der Waals surface area contributed by atoms with Crippen LogP contribution in [0.25, 0.3) is 4.96 Å². The first-order valence-corrected chi connectivity index (χ1v) is 9.93. The van der Waals surface area contributed by atoms with E-state index in [0.29, 0.717) is 12.5 Å². The molecule has 0 spiro atoms. The highest BCUT2D eigenvalue weighted by Crippen LogP contribution is 2.27. The summed E-state index contributed by atoms with van der Waals surface area (Å²) in [5, 5.41) is 5.47. The highest BCUT2D eigenvalue weighted by atomic mass is 32.1. The molecule has 1 atom stereocenters. The molecule has 2 heterocycles. The van der Waals surface area contributed by atoms with Crippen molar-refractivity contribution in [1.82, 2.24) is 14.7 Å². The number of hydrogen-bond donors (Lipinski definition) is 1. The molecule has 3 aromatic rings. The first kappa shape index (κ1) is 18.8. The number of benzene rings is 1. The average molecular weight is 370 g/mol. The molecule has 26 heavy (non-hydrogen) atoms. The lowest BCUT2D eigenvalue weighted by Crippen LogP contribution is -2.27. The van der Waals surface area contributed by atoms with Crippen LogP contribution in [-0.2, 0) is 12.0 Å². The number of fused-ring (bicyclic) bond motifs is 1. The molecule has 4 nitrogen and oxygen atoms in total. The molecule has 0 radical (unpaired) electrons. The molecular weight excluding hydrogens is 342 g/mol. The molecule has 3 rings (SSSR count). The van der Waals surface area contributed by atoms with E-state index in [4.69, 9.17) is 0 Å². The largest absolute Gasteiger partial charge is 0.304 e. The Morgan fingerprint density at radius 2 is 1.88 bits per heavy atom. The van der Waals surface area contributed by atoms with E-state index < -0.39 is 0 Å². The van der Waals surface area contributed by atoms with Gasteiger partial charge in [-0.15, -0.1) is 11.3 Å². The van der Waals surface area contributed by atoms with Crippen molar-refractivity contribution >= 4 is 16.3 Å². The predicted molar refractivity (Wildman–Crippen MR) is 109 cm³/mol. The molecule has 0 saturated heterocycles. The van der Waals surface area contributed by atoms with Crippen LogP contribution in [0.4, 0.5) is 0 Å². The lowest BCUT2D eigenvalue weighted by Gasteiger charge is -2.25. The van der Waals surface area contributed by atoms with E-state index >= 15 is 0 Å². The summed E-state index contributed by atoms with van der Waals surface area (Å²) in [7, 11) is 0. The summed E-state index contributed by atoms with van der Waals surface area (Å²) >= 11 is 1.48. The van der Waals surface area contributed by atoms with Gasteiger partial charge in [0.25, 0.3) is 5.56 Å². The summed E-state index contributed by atoms with van der Waals surface area (Å²) in [5.74, 6) is 0.432. The van der Waals surface area contributed by atoms with Gasteiger partial charge in [0, 0.05) is 30.2 Å². The summed E-state index contributed by atoms with van der Waals surface area (Å²) < 4.78 is 1.58. The quantitative estimate of drug-likeness (QED) is 0.718. The summed E-state index contributed by atoms with van der Waals surface area (Å²) in [5.41, 5.74) is 3.52. The van der Waals surface area contributed by atoms with Crippen molar-refractivity contribution < 1.29 is 0 Å². The number of hydrogen-bond acceptors (Lipinski definition) is 4. The SMILES string of the molecule is CC(C)[C@@H](NCc1cc(=O)n2ccsc2n1)c1ccc(C(C)(C)C)cc1. The number of thiazole rings is 1. The van der Waals surface area contributed by atoms with Gasteiger partial charge < -0.3 is 5.32 Å². The van der Waals surface area contributed by atoms with E-state index in [9.17, 15) is 4.79 Å². The van der Waals surface area contributed by atoms with E-state index in [1.54, 1.807) is 16.7 Å².